The predicted octanol–water partition coefficient (Wildman–Crippen LogP) is 0.906. The zero-order valence-corrected chi connectivity index (χ0v) is 12.6. The first-order valence-electron chi connectivity index (χ1n) is 6.14. The van der Waals surface area contributed by atoms with Crippen molar-refractivity contribution in [2.45, 2.75) is 13.0 Å². The Morgan fingerprint density at radius 3 is 2.95 bits per heavy atom. The smallest absolute Gasteiger partial charge is 0.258 e. The van der Waals surface area contributed by atoms with E-state index in [1.807, 2.05) is 4.90 Å². The Bertz CT molecular complexity index is 481. The van der Waals surface area contributed by atoms with Crippen LogP contribution < -0.4 is 11.3 Å². The van der Waals surface area contributed by atoms with Gasteiger partial charge >= 0.3 is 0 Å². The van der Waals surface area contributed by atoms with Crippen LogP contribution in [0.4, 0.5) is 5.82 Å². The van der Waals surface area contributed by atoms with Gasteiger partial charge in [-0.2, -0.15) is 0 Å². The van der Waals surface area contributed by atoms with E-state index in [4.69, 9.17) is 5.84 Å². The topological polar surface area (TPSA) is 74.5 Å². The molecule has 6 nitrogen and oxygen atoms in total. The molecule has 1 aliphatic rings. The molecule has 1 saturated heterocycles. The third-order valence-electron chi connectivity index (χ3n) is 3.31. The van der Waals surface area contributed by atoms with E-state index >= 15 is 0 Å². The Morgan fingerprint density at radius 1 is 1.58 bits per heavy atom. The lowest BCUT2D eigenvalue weighted by Crippen LogP contribution is -2.52. The summed E-state index contributed by atoms with van der Waals surface area (Å²) in [5.74, 6) is 5.78. The number of rotatable bonds is 2. The molecule has 2 rings (SSSR count). The molecule has 7 heteroatoms. The molecule has 1 atom stereocenters. The van der Waals surface area contributed by atoms with E-state index in [-0.39, 0.29) is 11.9 Å². The van der Waals surface area contributed by atoms with Crippen LogP contribution in [0.5, 0.6) is 0 Å². The van der Waals surface area contributed by atoms with Crippen LogP contribution in [0.3, 0.4) is 0 Å². The van der Waals surface area contributed by atoms with Crippen molar-refractivity contribution in [2.24, 2.45) is 5.84 Å². The van der Waals surface area contributed by atoms with Gasteiger partial charge in [-0.15, -0.1) is 0 Å². The van der Waals surface area contributed by atoms with Crippen LogP contribution in [0.2, 0.25) is 0 Å². The van der Waals surface area contributed by atoms with Gasteiger partial charge in [0.1, 0.15) is 0 Å². The number of piperazine rings is 1. The van der Waals surface area contributed by atoms with Crippen LogP contribution in [0.1, 0.15) is 17.3 Å². The van der Waals surface area contributed by atoms with Crippen LogP contribution in [-0.2, 0) is 0 Å². The van der Waals surface area contributed by atoms with Gasteiger partial charge in [-0.05, 0) is 36.0 Å². The fraction of sp³-hybridized carbons (Fsp3) is 0.500. The van der Waals surface area contributed by atoms with Gasteiger partial charge < -0.3 is 15.2 Å². The fourth-order valence-electron chi connectivity index (χ4n) is 2.31. The largest absolute Gasteiger partial charge is 0.333 e. The molecule has 1 aliphatic heterocycles. The number of halogens is 1. The number of anilines is 1. The quantitative estimate of drug-likeness (QED) is 0.623. The molecule has 1 amide bonds. The molecule has 0 spiro atoms. The van der Waals surface area contributed by atoms with Crippen molar-refractivity contribution in [2.75, 3.05) is 32.1 Å². The summed E-state index contributed by atoms with van der Waals surface area (Å²) in [7, 11) is 2.06. The first kappa shape index (κ1) is 14.2. The number of likely N-dealkylation sites (N-methyl/N-ethyl adjacent to an activating group) is 1. The average molecular weight is 328 g/mol. The Balaban J connectivity index is 2.26. The average Bonchev–Trinajstić information content (AvgIpc) is 2.38. The first-order chi connectivity index (χ1) is 9.02. The lowest BCUT2D eigenvalue weighted by molar-refractivity contribution is 0.0534. The maximum absolute atomic E-state index is 12.6. The number of nitrogens with zero attached hydrogens (tertiary/aromatic N) is 3. The van der Waals surface area contributed by atoms with E-state index in [1.165, 1.54) is 0 Å². The Morgan fingerprint density at radius 2 is 2.32 bits per heavy atom. The maximum atomic E-state index is 12.6. The summed E-state index contributed by atoms with van der Waals surface area (Å²) in [5, 5.41) is 0. The molecular weight excluding hydrogens is 310 g/mol. The van der Waals surface area contributed by atoms with E-state index < -0.39 is 0 Å². The summed E-state index contributed by atoms with van der Waals surface area (Å²) in [6.07, 6.45) is 1.61. The molecule has 19 heavy (non-hydrogen) atoms. The standard InChI is InChI=1S/C12H18BrN5O/c1-8-7-17(2)3-4-18(8)12(19)10-5-9(13)6-15-11(10)16-14/h5-6,8H,3-4,7,14H2,1-2H3,(H,15,16). The molecular formula is C12H18BrN5O. The van der Waals surface area contributed by atoms with Crippen molar-refractivity contribution in [1.29, 1.82) is 0 Å². The van der Waals surface area contributed by atoms with Crippen LogP contribution in [0.15, 0.2) is 16.7 Å². The number of nitrogens with two attached hydrogens (primary N) is 1. The van der Waals surface area contributed by atoms with Gasteiger partial charge in [0, 0.05) is 36.3 Å². The van der Waals surface area contributed by atoms with E-state index in [1.54, 1.807) is 12.3 Å². The minimum Gasteiger partial charge on any atom is -0.333 e. The number of amides is 1. The minimum atomic E-state index is -0.0395. The number of hydrogen-bond acceptors (Lipinski definition) is 5. The van der Waals surface area contributed by atoms with Crippen molar-refractivity contribution in [3.05, 3.63) is 22.3 Å². The van der Waals surface area contributed by atoms with E-state index in [2.05, 4.69) is 45.2 Å². The van der Waals surface area contributed by atoms with Gasteiger partial charge in [0.25, 0.3) is 5.91 Å². The van der Waals surface area contributed by atoms with Crippen molar-refractivity contribution < 1.29 is 4.79 Å². The molecule has 3 N–H and O–H groups in total. The Labute approximate surface area is 121 Å². The molecule has 0 aromatic carbocycles. The Kier molecular flexibility index (Phi) is 4.38. The monoisotopic (exact) mass is 327 g/mol. The number of hydrogen-bond donors (Lipinski definition) is 2. The van der Waals surface area contributed by atoms with E-state index in [9.17, 15) is 4.79 Å². The van der Waals surface area contributed by atoms with Crippen LogP contribution >= 0.6 is 15.9 Å². The molecule has 2 heterocycles. The molecule has 1 aromatic heterocycles. The van der Waals surface area contributed by atoms with Crippen molar-refractivity contribution >= 4 is 27.7 Å². The zero-order valence-electron chi connectivity index (χ0n) is 11.1. The van der Waals surface area contributed by atoms with Gasteiger partial charge in [-0.3, -0.25) is 4.79 Å². The molecule has 0 aliphatic carbocycles. The molecule has 0 saturated carbocycles. The van der Waals surface area contributed by atoms with Crippen molar-refractivity contribution in [3.8, 4) is 0 Å². The van der Waals surface area contributed by atoms with Crippen molar-refractivity contribution in [3.63, 3.8) is 0 Å². The Hall–Kier alpha value is -1.18. The van der Waals surface area contributed by atoms with Gasteiger partial charge in [0.15, 0.2) is 5.82 Å². The lowest BCUT2D eigenvalue weighted by Gasteiger charge is -2.38. The predicted molar refractivity (Wildman–Crippen MR) is 77.7 cm³/mol. The van der Waals surface area contributed by atoms with E-state index in [0.717, 1.165) is 17.6 Å². The van der Waals surface area contributed by atoms with Crippen LogP contribution in [0, 0.1) is 0 Å². The number of nitrogens with one attached hydrogen (secondary N) is 1. The summed E-state index contributed by atoms with van der Waals surface area (Å²) >= 11 is 3.33. The normalized spacial score (nSPS) is 20.4. The molecule has 0 bridgehead atoms. The number of nitrogen functional groups attached to an aromatic ring is 1. The number of carbonyl (C=O) groups excluding carboxylic acids is 1. The summed E-state index contributed by atoms with van der Waals surface area (Å²) in [4.78, 5) is 20.8. The van der Waals surface area contributed by atoms with Crippen LogP contribution in [0.25, 0.3) is 0 Å². The van der Waals surface area contributed by atoms with Crippen molar-refractivity contribution in [1.82, 2.24) is 14.8 Å². The summed E-state index contributed by atoms with van der Waals surface area (Å²) in [6, 6.07) is 1.92. The second-order valence-electron chi connectivity index (χ2n) is 4.80. The second-order valence-corrected chi connectivity index (χ2v) is 5.72. The third-order valence-corrected chi connectivity index (χ3v) is 3.75. The van der Waals surface area contributed by atoms with Gasteiger partial charge in [0.2, 0.25) is 0 Å². The second kappa shape index (κ2) is 5.85. The SMILES string of the molecule is CC1CN(C)CCN1C(=O)c1cc(Br)cnc1NN. The number of aromatic nitrogens is 1. The highest BCUT2D eigenvalue weighted by Gasteiger charge is 2.28. The zero-order chi connectivity index (χ0) is 14.0. The summed E-state index contributed by atoms with van der Waals surface area (Å²) in [5.41, 5.74) is 2.97. The molecule has 104 valence electrons. The fourth-order valence-corrected chi connectivity index (χ4v) is 2.64. The highest BCUT2D eigenvalue weighted by molar-refractivity contribution is 9.10. The molecule has 0 radical (unpaired) electrons. The number of carbonyl (C=O) groups is 1. The first-order valence-corrected chi connectivity index (χ1v) is 6.94. The third kappa shape index (κ3) is 3.05. The summed E-state index contributed by atoms with van der Waals surface area (Å²) < 4.78 is 0.761. The highest BCUT2D eigenvalue weighted by atomic mass is 79.9. The van der Waals surface area contributed by atoms with E-state index in [0.29, 0.717) is 17.9 Å². The van der Waals surface area contributed by atoms with Gasteiger partial charge in [-0.25, -0.2) is 10.8 Å². The number of pyridine rings is 1. The molecule has 1 aromatic rings. The summed E-state index contributed by atoms with van der Waals surface area (Å²) in [6.45, 7) is 4.52. The molecule has 1 unspecified atom stereocenters. The number of hydrazine groups is 1. The van der Waals surface area contributed by atoms with Gasteiger partial charge in [-0.1, -0.05) is 0 Å². The molecule has 1 fully saturated rings. The highest BCUT2D eigenvalue weighted by Crippen LogP contribution is 2.21. The minimum absolute atomic E-state index is 0.0395. The van der Waals surface area contributed by atoms with Gasteiger partial charge in [0.05, 0.1) is 5.56 Å². The van der Waals surface area contributed by atoms with Crippen LogP contribution in [-0.4, -0.2) is 53.4 Å². The lowest BCUT2D eigenvalue weighted by atomic mass is 10.1. The maximum Gasteiger partial charge on any atom is 0.258 e.